The molecule has 0 saturated heterocycles. The van der Waals surface area contributed by atoms with Gasteiger partial charge in [-0.3, -0.25) is 4.79 Å². The zero-order valence-corrected chi connectivity index (χ0v) is 21.2. The summed E-state index contributed by atoms with van der Waals surface area (Å²) < 4.78 is 11.7. The Balaban J connectivity index is 1.36. The Morgan fingerprint density at radius 1 is 0.778 bits per heavy atom. The molecule has 0 spiro atoms. The Morgan fingerprint density at radius 3 is 2.36 bits per heavy atom. The lowest BCUT2D eigenvalue weighted by Gasteiger charge is -2.11. The molecular formula is C28H21Cl3N2O3. The number of carbonyl (C=O) groups excluding carboxylic acids is 1. The maximum absolute atomic E-state index is 12.8. The molecule has 8 heteroatoms. The molecule has 0 aliphatic carbocycles. The second kappa shape index (κ2) is 12.5. The van der Waals surface area contributed by atoms with Crippen molar-refractivity contribution < 1.29 is 14.3 Å². The van der Waals surface area contributed by atoms with Crippen LogP contribution in [0.15, 0.2) is 96.1 Å². The number of hydrazone groups is 1. The summed E-state index contributed by atoms with van der Waals surface area (Å²) >= 11 is 18.3. The van der Waals surface area contributed by atoms with Gasteiger partial charge < -0.3 is 9.47 Å². The van der Waals surface area contributed by atoms with Crippen molar-refractivity contribution in [1.29, 1.82) is 0 Å². The van der Waals surface area contributed by atoms with E-state index in [2.05, 4.69) is 10.5 Å². The molecule has 1 N–H and O–H groups in total. The van der Waals surface area contributed by atoms with E-state index in [1.807, 2.05) is 48.5 Å². The van der Waals surface area contributed by atoms with Gasteiger partial charge in [0, 0.05) is 26.2 Å². The van der Waals surface area contributed by atoms with E-state index in [1.54, 1.807) is 42.5 Å². The molecule has 0 unspecified atom stereocenters. The first kappa shape index (κ1) is 25.6. The summed E-state index contributed by atoms with van der Waals surface area (Å²) in [6.07, 6.45) is 1.54. The largest absolute Gasteiger partial charge is 0.489 e. The summed E-state index contributed by atoms with van der Waals surface area (Å²) in [6, 6.07) is 26.9. The summed E-state index contributed by atoms with van der Waals surface area (Å²) in [5, 5.41) is 5.77. The SMILES string of the molecule is O=C(N/N=C\c1cccc(OCc2ccccc2Cl)c1)c1ccccc1OCc1ccc(Cl)cc1Cl. The molecule has 0 fully saturated rings. The van der Waals surface area contributed by atoms with Crippen molar-refractivity contribution in [2.75, 3.05) is 0 Å². The van der Waals surface area contributed by atoms with Crippen LogP contribution in [0.5, 0.6) is 11.5 Å². The van der Waals surface area contributed by atoms with E-state index in [0.29, 0.717) is 38.7 Å². The minimum atomic E-state index is -0.407. The second-order valence-corrected chi connectivity index (χ2v) is 8.92. The third-order valence-electron chi connectivity index (χ3n) is 5.12. The van der Waals surface area contributed by atoms with Gasteiger partial charge in [0.2, 0.25) is 0 Å². The van der Waals surface area contributed by atoms with Crippen molar-refractivity contribution in [2.45, 2.75) is 13.2 Å². The highest BCUT2D eigenvalue weighted by Crippen LogP contribution is 2.24. The fourth-order valence-corrected chi connectivity index (χ4v) is 3.91. The highest BCUT2D eigenvalue weighted by atomic mass is 35.5. The molecule has 36 heavy (non-hydrogen) atoms. The summed E-state index contributed by atoms with van der Waals surface area (Å²) in [6.45, 7) is 0.527. The molecule has 0 bridgehead atoms. The van der Waals surface area contributed by atoms with Crippen LogP contribution in [0.4, 0.5) is 0 Å². The number of para-hydroxylation sites is 1. The molecule has 4 aromatic rings. The van der Waals surface area contributed by atoms with Crippen LogP contribution in [0.25, 0.3) is 0 Å². The van der Waals surface area contributed by atoms with Gasteiger partial charge in [-0.1, -0.05) is 83.3 Å². The quantitative estimate of drug-likeness (QED) is 0.176. The third-order valence-corrected chi connectivity index (χ3v) is 6.08. The molecular weight excluding hydrogens is 519 g/mol. The van der Waals surface area contributed by atoms with Gasteiger partial charge in [0.05, 0.1) is 11.8 Å². The van der Waals surface area contributed by atoms with Gasteiger partial charge in [0.25, 0.3) is 5.91 Å². The van der Waals surface area contributed by atoms with E-state index in [1.165, 1.54) is 6.21 Å². The Bertz CT molecular complexity index is 1390. The van der Waals surface area contributed by atoms with E-state index >= 15 is 0 Å². The Labute approximate surface area is 224 Å². The lowest BCUT2D eigenvalue weighted by atomic mass is 10.2. The number of nitrogens with one attached hydrogen (secondary N) is 1. The van der Waals surface area contributed by atoms with Crippen LogP contribution in [0, 0.1) is 0 Å². The first-order valence-electron chi connectivity index (χ1n) is 10.9. The lowest BCUT2D eigenvalue weighted by Crippen LogP contribution is -2.18. The highest BCUT2D eigenvalue weighted by molar-refractivity contribution is 6.35. The average molecular weight is 540 g/mol. The molecule has 0 atom stereocenters. The molecule has 5 nitrogen and oxygen atoms in total. The molecule has 0 radical (unpaired) electrons. The van der Waals surface area contributed by atoms with Crippen LogP contribution in [0.1, 0.15) is 27.0 Å². The first-order valence-corrected chi connectivity index (χ1v) is 12.1. The van der Waals surface area contributed by atoms with Crippen LogP contribution in [-0.4, -0.2) is 12.1 Å². The number of carbonyl (C=O) groups is 1. The Kier molecular flexibility index (Phi) is 8.85. The van der Waals surface area contributed by atoms with Crippen molar-refractivity contribution in [2.24, 2.45) is 5.10 Å². The molecule has 1 amide bonds. The number of hydrogen-bond acceptors (Lipinski definition) is 4. The predicted octanol–water partition coefficient (Wildman–Crippen LogP) is 7.57. The van der Waals surface area contributed by atoms with Crippen LogP contribution in [0.3, 0.4) is 0 Å². The van der Waals surface area contributed by atoms with E-state index < -0.39 is 5.91 Å². The van der Waals surface area contributed by atoms with Crippen LogP contribution >= 0.6 is 34.8 Å². The molecule has 4 aromatic carbocycles. The minimum Gasteiger partial charge on any atom is -0.489 e. The minimum absolute atomic E-state index is 0.185. The number of amides is 1. The standard InChI is InChI=1S/C28H21Cl3N2O3/c29-22-13-12-21(26(31)15-22)18-36-27-11-4-2-9-24(27)28(34)33-32-16-19-6-5-8-23(14-19)35-17-20-7-1-3-10-25(20)30/h1-16H,17-18H2,(H,33,34)/b32-16-. The van der Waals surface area contributed by atoms with Gasteiger partial charge in [-0.15, -0.1) is 0 Å². The summed E-state index contributed by atoms with van der Waals surface area (Å²) in [7, 11) is 0. The van der Waals surface area contributed by atoms with Gasteiger partial charge in [0.1, 0.15) is 24.7 Å². The van der Waals surface area contributed by atoms with Crippen molar-refractivity contribution in [3.63, 3.8) is 0 Å². The molecule has 4 rings (SSSR count). The molecule has 0 aliphatic rings. The molecule has 0 aromatic heterocycles. The maximum atomic E-state index is 12.8. The van der Waals surface area contributed by atoms with E-state index in [-0.39, 0.29) is 6.61 Å². The number of hydrogen-bond donors (Lipinski definition) is 1. The zero-order valence-electron chi connectivity index (χ0n) is 19.0. The normalized spacial score (nSPS) is 10.9. The highest BCUT2D eigenvalue weighted by Gasteiger charge is 2.12. The average Bonchev–Trinajstić information content (AvgIpc) is 2.88. The fourth-order valence-electron chi connectivity index (χ4n) is 3.26. The fraction of sp³-hybridized carbons (Fsp3) is 0.0714. The maximum Gasteiger partial charge on any atom is 0.275 e. The van der Waals surface area contributed by atoms with Gasteiger partial charge in [-0.05, 0) is 48.0 Å². The van der Waals surface area contributed by atoms with Crippen molar-refractivity contribution in [3.8, 4) is 11.5 Å². The molecule has 0 heterocycles. The molecule has 0 saturated carbocycles. The van der Waals surface area contributed by atoms with Gasteiger partial charge >= 0.3 is 0 Å². The number of nitrogens with zero attached hydrogens (tertiary/aromatic N) is 1. The number of benzene rings is 4. The topological polar surface area (TPSA) is 59.9 Å². The second-order valence-electron chi connectivity index (χ2n) is 7.67. The number of rotatable bonds is 9. The van der Waals surface area contributed by atoms with Crippen molar-refractivity contribution in [3.05, 3.63) is 128 Å². The first-order chi connectivity index (χ1) is 17.5. The van der Waals surface area contributed by atoms with E-state index in [9.17, 15) is 4.79 Å². The monoisotopic (exact) mass is 538 g/mol. The smallest absolute Gasteiger partial charge is 0.275 e. The Hall–Kier alpha value is -3.51. The van der Waals surface area contributed by atoms with Crippen molar-refractivity contribution in [1.82, 2.24) is 5.43 Å². The number of ether oxygens (including phenoxy) is 2. The number of halogens is 3. The van der Waals surface area contributed by atoms with Crippen LogP contribution in [-0.2, 0) is 13.2 Å². The zero-order chi connectivity index (χ0) is 25.3. The van der Waals surface area contributed by atoms with Gasteiger partial charge in [-0.25, -0.2) is 5.43 Å². The van der Waals surface area contributed by atoms with Gasteiger partial charge in [0.15, 0.2) is 0 Å². The summed E-state index contributed by atoms with van der Waals surface area (Å²) in [4.78, 5) is 12.8. The predicted molar refractivity (Wildman–Crippen MR) is 145 cm³/mol. The molecule has 182 valence electrons. The third kappa shape index (κ3) is 7.01. The Morgan fingerprint density at radius 2 is 1.53 bits per heavy atom. The van der Waals surface area contributed by atoms with Crippen LogP contribution < -0.4 is 14.9 Å². The molecule has 0 aliphatic heterocycles. The van der Waals surface area contributed by atoms with Gasteiger partial charge in [-0.2, -0.15) is 5.10 Å². The summed E-state index contributed by atoms with van der Waals surface area (Å²) in [5.74, 6) is 0.658. The lowest BCUT2D eigenvalue weighted by molar-refractivity contribution is 0.0950. The van der Waals surface area contributed by atoms with E-state index in [4.69, 9.17) is 44.3 Å². The van der Waals surface area contributed by atoms with Crippen molar-refractivity contribution >= 4 is 46.9 Å². The van der Waals surface area contributed by atoms with Crippen LogP contribution in [0.2, 0.25) is 15.1 Å². The van der Waals surface area contributed by atoms with E-state index in [0.717, 1.165) is 16.7 Å². The summed E-state index contributed by atoms with van der Waals surface area (Å²) in [5.41, 5.74) is 5.29.